The summed E-state index contributed by atoms with van der Waals surface area (Å²) < 4.78 is 32.6. The number of hydrogen-bond acceptors (Lipinski definition) is 7. The number of nitrogens with zero attached hydrogens (tertiary/aromatic N) is 4. The van der Waals surface area contributed by atoms with Crippen molar-refractivity contribution in [3.05, 3.63) is 69.8 Å². The predicted molar refractivity (Wildman–Crippen MR) is 141 cm³/mol. The van der Waals surface area contributed by atoms with Gasteiger partial charge in [-0.05, 0) is 51.8 Å². The minimum atomic E-state index is -3.75. The minimum absolute atomic E-state index is 0.0577. The van der Waals surface area contributed by atoms with Gasteiger partial charge >= 0.3 is 12.0 Å². The van der Waals surface area contributed by atoms with Gasteiger partial charge in [-0.1, -0.05) is 29.8 Å². The lowest BCUT2D eigenvalue weighted by Gasteiger charge is -2.39. The number of rotatable bonds is 10. The molecule has 2 aromatic carbocycles. The highest BCUT2D eigenvalue weighted by Gasteiger charge is 2.43. The van der Waals surface area contributed by atoms with E-state index in [2.05, 4.69) is 4.99 Å². The van der Waals surface area contributed by atoms with Crippen LogP contribution in [0.3, 0.4) is 0 Å². The first-order valence-corrected chi connectivity index (χ1v) is 13.6. The molecular formula is C26H32N4O7S. The zero-order valence-corrected chi connectivity index (χ0v) is 22.8. The standard InChI is InChI=1S/C26H32N4O7S/c1-17(2)37-25(31)23-19(4)27-26(32)29(24(23)20-8-6-9-21(16-20)30(33)34)15-7-14-28(5)38(35,36)22-12-10-18(3)11-13-22/h6,8-13,16-17,23-24H,7,14-15H2,1-5H3. The fourth-order valence-electron chi connectivity index (χ4n) is 4.32. The Hall–Kier alpha value is -3.64. The summed E-state index contributed by atoms with van der Waals surface area (Å²) in [7, 11) is -2.29. The number of sulfonamides is 1. The van der Waals surface area contributed by atoms with Crippen LogP contribution in [0, 0.1) is 23.0 Å². The van der Waals surface area contributed by atoms with Gasteiger partial charge < -0.3 is 9.64 Å². The number of ether oxygens (including phenoxy) is 1. The molecule has 2 aromatic rings. The van der Waals surface area contributed by atoms with Crippen LogP contribution >= 0.6 is 0 Å². The van der Waals surface area contributed by atoms with Crippen LogP contribution in [0.2, 0.25) is 0 Å². The highest BCUT2D eigenvalue weighted by atomic mass is 32.2. The number of hydrogen-bond donors (Lipinski definition) is 0. The molecule has 11 nitrogen and oxygen atoms in total. The zero-order chi connectivity index (χ0) is 28.2. The van der Waals surface area contributed by atoms with E-state index >= 15 is 0 Å². The maximum Gasteiger partial charge on any atom is 0.344 e. The number of carbonyl (C=O) groups is 2. The Morgan fingerprint density at radius 1 is 1.18 bits per heavy atom. The van der Waals surface area contributed by atoms with Crippen molar-refractivity contribution in [3.63, 3.8) is 0 Å². The van der Waals surface area contributed by atoms with Crippen molar-refractivity contribution >= 4 is 33.4 Å². The number of nitro groups is 1. The molecule has 1 aliphatic rings. The maximum atomic E-state index is 13.1. The minimum Gasteiger partial charge on any atom is -0.462 e. The lowest BCUT2D eigenvalue weighted by atomic mass is 9.86. The molecule has 0 bridgehead atoms. The molecule has 1 aliphatic heterocycles. The highest BCUT2D eigenvalue weighted by molar-refractivity contribution is 7.89. The average molecular weight is 545 g/mol. The molecule has 204 valence electrons. The van der Waals surface area contributed by atoms with Gasteiger partial charge in [-0.25, -0.2) is 22.5 Å². The first-order chi connectivity index (χ1) is 17.8. The first-order valence-electron chi connectivity index (χ1n) is 12.2. The second-order valence-corrected chi connectivity index (χ2v) is 11.5. The van der Waals surface area contributed by atoms with Gasteiger partial charge in [-0.2, -0.15) is 0 Å². The maximum absolute atomic E-state index is 13.1. The number of carbonyl (C=O) groups excluding carboxylic acids is 2. The van der Waals surface area contributed by atoms with Crippen molar-refractivity contribution in [1.29, 1.82) is 0 Å². The van der Waals surface area contributed by atoms with Crippen LogP contribution < -0.4 is 0 Å². The van der Waals surface area contributed by atoms with E-state index < -0.39 is 45.0 Å². The highest BCUT2D eigenvalue weighted by Crippen LogP contribution is 2.36. The third-order valence-electron chi connectivity index (χ3n) is 6.25. The summed E-state index contributed by atoms with van der Waals surface area (Å²) in [4.78, 5) is 42.6. The van der Waals surface area contributed by atoms with Crippen LogP contribution in [0.25, 0.3) is 0 Å². The number of esters is 1. The van der Waals surface area contributed by atoms with Crippen molar-refractivity contribution in [2.45, 2.75) is 51.2 Å². The van der Waals surface area contributed by atoms with Gasteiger partial charge in [0.15, 0.2) is 0 Å². The summed E-state index contributed by atoms with van der Waals surface area (Å²) in [6, 6.07) is 10.7. The van der Waals surface area contributed by atoms with Gasteiger partial charge in [0.05, 0.1) is 22.0 Å². The topological polar surface area (TPSA) is 139 Å². The van der Waals surface area contributed by atoms with E-state index in [9.17, 15) is 28.1 Å². The molecule has 0 aliphatic carbocycles. The number of amides is 2. The van der Waals surface area contributed by atoms with Crippen LogP contribution in [-0.4, -0.2) is 66.5 Å². The van der Waals surface area contributed by atoms with Gasteiger partial charge in [0.25, 0.3) is 5.69 Å². The summed E-state index contributed by atoms with van der Waals surface area (Å²) in [5.74, 6) is -1.58. The Morgan fingerprint density at radius 3 is 2.45 bits per heavy atom. The van der Waals surface area contributed by atoms with E-state index in [1.54, 1.807) is 39.0 Å². The third kappa shape index (κ3) is 6.43. The summed E-state index contributed by atoms with van der Waals surface area (Å²) in [5, 5.41) is 11.4. The van der Waals surface area contributed by atoms with E-state index in [0.717, 1.165) is 5.56 Å². The number of nitro benzene ring substituents is 1. The zero-order valence-electron chi connectivity index (χ0n) is 22.0. The monoisotopic (exact) mass is 544 g/mol. The lowest BCUT2D eigenvalue weighted by Crippen LogP contribution is -2.48. The molecule has 38 heavy (non-hydrogen) atoms. The second kappa shape index (κ2) is 11.8. The molecule has 12 heteroatoms. The van der Waals surface area contributed by atoms with Crippen molar-refractivity contribution in [1.82, 2.24) is 9.21 Å². The predicted octanol–water partition coefficient (Wildman–Crippen LogP) is 4.12. The SMILES string of the molecule is CC1=NC(=O)N(CCCN(C)S(=O)(=O)c2ccc(C)cc2)C(c2cccc([N+](=O)[O-])c2)C1C(=O)OC(C)C. The number of benzene rings is 2. The molecule has 2 amide bonds. The number of urea groups is 1. The van der Waals surface area contributed by atoms with Crippen LogP contribution in [0.4, 0.5) is 10.5 Å². The normalized spacial score (nSPS) is 18.0. The van der Waals surface area contributed by atoms with Crippen molar-refractivity contribution < 1.29 is 27.7 Å². The van der Waals surface area contributed by atoms with Crippen molar-refractivity contribution in [3.8, 4) is 0 Å². The summed E-state index contributed by atoms with van der Waals surface area (Å²) in [6.07, 6.45) is -0.188. The van der Waals surface area contributed by atoms with Crippen LogP contribution in [-0.2, 0) is 19.6 Å². The van der Waals surface area contributed by atoms with E-state index in [4.69, 9.17) is 4.74 Å². The second-order valence-electron chi connectivity index (χ2n) is 9.48. The fraction of sp³-hybridized carbons (Fsp3) is 0.423. The van der Waals surface area contributed by atoms with E-state index in [1.165, 1.54) is 46.6 Å². The summed E-state index contributed by atoms with van der Waals surface area (Å²) in [6.45, 7) is 6.95. The molecule has 0 N–H and O–H groups in total. The summed E-state index contributed by atoms with van der Waals surface area (Å²) in [5.41, 5.74) is 1.37. The molecule has 0 fully saturated rings. The molecule has 1 heterocycles. The number of aliphatic imine (C=N–C) groups is 1. The van der Waals surface area contributed by atoms with Crippen LogP contribution in [0.5, 0.6) is 0 Å². The van der Waals surface area contributed by atoms with E-state index in [1.807, 2.05) is 6.92 Å². The van der Waals surface area contributed by atoms with Crippen LogP contribution in [0.1, 0.15) is 44.4 Å². The van der Waals surface area contributed by atoms with Gasteiger partial charge in [0, 0.05) is 38.0 Å². The Balaban J connectivity index is 1.90. The smallest absolute Gasteiger partial charge is 0.344 e. The molecular weight excluding hydrogens is 512 g/mol. The van der Waals surface area contributed by atoms with Crippen molar-refractivity contribution in [2.24, 2.45) is 10.9 Å². The van der Waals surface area contributed by atoms with Crippen LogP contribution in [0.15, 0.2) is 58.4 Å². The quantitative estimate of drug-likeness (QED) is 0.249. The molecule has 3 rings (SSSR count). The Bertz CT molecular complexity index is 1340. The summed E-state index contributed by atoms with van der Waals surface area (Å²) >= 11 is 0. The molecule has 0 saturated carbocycles. The number of aryl methyl sites for hydroxylation is 1. The third-order valence-corrected chi connectivity index (χ3v) is 8.12. The number of non-ortho nitro benzene ring substituents is 1. The van der Waals surface area contributed by atoms with Gasteiger partial charge in [0.1, 0.15) is 5.92 Å². The molecule has 0 radical (unpaired) electrons. The largest absolute Gasteiger partial charge is 0.462 e. The lowest BCUT2D eigenvalue weighted by molar-refractivity contribution is -0.385. The molecule has 2 unspecified atom stereocenters. The Kier molecular flexibility index (Phi) is 9.00. The molecule has 0 spiro atoms. The molecule has 0 saturated heterocycles. The fourth-order valence-corrected chi connectivity index (χ4v) is 5.53. The first kappa shape index (κ1) is 28.9. The average Bonchev–Trinajstić information content (AvgIpc) is 2.84. The van der Waals surface area contributed by atoms with Gasteiger partial charge in [-0.15, -0.1) is 0 Å². The van der Waals surface area contributed by atoms with Crippen molar-refractivity contribution in [2.75, 3.05) is 20.1 Å². The van der Waals surface area contributed by atoms with Gasteiger partial charge in [0.2, 0.25) is 10.0 Å². The molecule has 0 aromatic heterocycles. The van der Waals surface area contributed by atoms with Gasteiger partial charge in [-0.3, -0.25) is 14.9 Å². The Morgan fingerprint density at radius 2 is 1.84 bits per heavy atom. The Labute approximate surface area is 222 Å². The van der Waals surface area contributed by atoms with E-state index in [0.29, 0.717) is 5.56 Å². The molecule has 2 atom stereocenters. The van der Waals surface area contributed by atoms with E-state index in [-0.39, 0.29) is 35.8 Å².